The molecular formula is C18H21NO3. The van der Waals surface area contributed by atoms with Crippen LogP contribution in [0.2, 0.25) is 0 Å². The minimum atomic E-state index is -0.991. The topological polar surface area (TPSA) is 66.4 Å². The fourth-order valence-corrected chi connectivity index (χ4v) is 2.71. The molecule has 4 nitrogen and oxygen atoms in total. The van der Waals surface area contributed by atoms with Gasteiger partial charge in [-0.15, -0.1) is 0 Å². The number of carbonyl (C=O) groups excluding carboxylic acids is 1. The molecule has 0 aliphatic heterocycles. The first kappa shape index (κ1) is 16.0. The third kappa shape index (κ3) is 3.11. The van der Waals surface area contributed by atoms with E-state index < -0.39 is 11.4 Å². The first-order valence-electron chi connectivity index (χ1n) is 7.53. The second-order valence-corrected chi connectivity index (χ2v) is 5.54. The standard InChI is InChI=1S/C18H21NO3/c1-3-18(4-2,17(21)22)12-16(20)19-15-11-7-9-13-8-5-6-10-14(13)15/h5-11H,3-4,12H2,1-2H3,(H,19,20)(H,21,22). The molecule has 0 fully saturated rings. The maximum absolute atomic E-state index is 12.3. The molecule has 1 amide bonds. The van der Waals surface area contributed by atoms with Gasteiger partial charge in [-0.05, 0) is 24.3 Å². The number of rotatable bonds is 6. The van der Waals surface area contributed by atoms with E-state index in [-0.39, 0.29) is 12.3 Å². The number of amides is 1. The van der Waals surface area contributed by atoms with E-state index in [1.807, 2.05) is 56.3 Å². The molecular weight excluding hydrogens is 278 g/mol. The molecule has 2 rings (SSSR count). The van der Waals surface area contributed by atoms with Crippen molar-refractivity contribution in [1.29, 1.82) is 0 Å². The fraction of sp³-hybridized carbons (Fsp3) is 0.333. The molecule has 4 heteroatoms. The SMILES string of the molecule is CCC(CC)(CC(=O)Nc1cccc2ccccc12)C(=O)O. The summed E-state index contributed by atoms with van der Waals surface area (Å²) >= 11 is 0. The minimum absolute atomic E-state index is 0.0153. The summed E-state index contributed by atoms with van der Waals surface area (Å²) in [7, 11) is 0. The molecule has 0 saturated carbocycles. The van der Waals surface area contributed by atoms with Crippen LogP contribution in [0.1, 0.15) is 33.1 Å². The lowest BCUT2D eigenvalue weighted by Crippen LogP contribution is -2.34. The van der Waals surface area contributed by atoms with Crippen LogP contribution in [0.25, 0.3) is 10.8 Å². The average molecular weight is 299 g/mol. The zero-order chi connectivity index (χ0) is 16.2. The highest BCUT2D eigenvalue weighted by Crippen LogP contribution is 2.32. The summed E-state index contributed by atoms with van der Waals surface area (Å²) in [4.78, 5) is 23.8. The third-order valence-corrected chi connectivity index (χ3v) is 4.37. The molecule has 0 bridgehead atoms. The predicted octanol–water partition coefficient (Wildman–Crippen LogP) is 4.06. The number of carbonyl (C=O) groups is 2. The number of nitrogens with one attached hydrogen (secondary N) is 1. The van der Waals surface area contributed by atoms with Crippen LogP contribution in [0.4, 0.5) is 5.69 Å². The van der Waals surface area contributed by atoms with E-state index in [4.69, 9.17) is 0 Å². The highest BCUT2D eigenvalue weighted by atomic mass is 16.4. The zero-order valence-electron chi connectivity index (χ0n) is 12.9. The number of carboxylic acid groups (broad SMARTS) is 1. The summed E-state index contributed by atoms with van der Waals surface area (Å²) in [6, 6.07) is 13.5. The van der Waals surface area contributed by atoms with E-state index in [0.717, 1.165) is 16.5 Å². The van der Waals surface area contributed by atoms with Crippen molar-refractivity contribution in [3.05, 3.63) is 42.5 Å². The summed E-state index contributed by atoms with van der Waals surface area (Å²) in [5.74, 6) is -1.17. The predicted molar refractivity (Wildman–Crippen MR) is 87.8 cm³/mol. The molecule has 2 aromatic carbocycles. The number of hydrogen-bond acceptors (Lipinski definition) is 2. The highest BCUT2D eigenvalue weighted by Gasteiger charge is 2.37. The molecule has 0 atom stereocenters. The maximum Gasteiger partial charge on any atom is 0.310 e. The van der Waals surface area contributed by atoms with Crippen molar-refractivity contribution in [3.8, 4) is 0 Å². The van der Waals surface area contributed by atoms with Crippen LogP contribution in [0.15, 0.2) is 42.5 Å². The van der Waals surface area contributed by atoms with Crippen molar-refractivity contribution in [2.45, 2.75) is 33.1 Å². The number of carboxylic acids is 1. The lowest BCUT2D eigenvalue weighted by atomic mass is 9.79. The normalized spacial score (nSPS) is 11.4. The van der Waals surface area contributed by atoms with Gasteiger partial charge in [0.15, 0.2) is 0 Å². The quantitative estimate of drug-likeness (QED) is 0.845. The Labute approximate surface area is 130 Å². The smallest absolute Gasteiger partial charge is 0.310 e. The molecule has 0 radical (unpaired) electrons. The highest BCUT2D eigenvalue weighted by molar-refractivity contribution is 6.03. The summed E-state index contributed by atoms with van der Waals surface area (Å²) < 4.78 is 0. The van der Waals surface area contributed by atoms with Gasteiger partial charge < -0.3 is 10.4 Å². The van der Waals surface area contributed by atoms with Gasteiger partial charge in [-0.1, -0.05) is 50.2 Å². The van der Waals surface area contributed by atoms with E-state index in [1.54, 1.807) is 0 Å². The monoisotopic (exact) mass is 299 g/mol. The van der Waals surface area contributed by atoms with Gasteiger partial charge in [-0.2, -0.15) is 0 Å². The molecule has 0 heterocycles. The number of anilines is 1. The van der Waals surface area contributed by atoms with Crippen LogP contribution < -0.4 is 5.32 Å². The fourth-order valence-electron chi connectivity index (χ4n) is 2.71. The molecule has 2 aromatic rings. The lowest BCUT2D eigenvalue weighted by Gasteiger charge is -2.26. The molecule has 0 unspecified atom stereocenters. The molecule has 22 heavy (non-hydrogen) atoms. The first-order valence-corrected chi connectivity index (χ1v) is 7.53. The zero-order valence-corrected chi connectivity index (χ0v) is 12.9. The van der Waals surface area contributed by atoms with E-state index >= 15 is 0 Å². The number of hydrogen-bond donors (Lipinski definition) is 2. The Bertz CT molecular complexity index is 684. The number of fused-ring (bicyclic) bond motifs is 1. The summed E-state index contributed by atoms with van der Waals surface area (Å²) in [6.07, 6.45) is 0.849. The summed E-state index contributed by atoms with van der Waals surface area (Å²) in [6.45, 7) is 3.62. The summed E-state index contributed by atoms with van der Waals surface area (Å²) in [5.41, 5.74) is -0.274. The number of benzene rings is 2. The second-order valence-electron chi connectivity index (χ2n) is 5.54. The van der Waals surface area contributed by atoms with E-state index in [0.29, 0.717) is 12.8 Å². The molecule has 0 aromatic heterocycles. The minimum Gasteiger partial charge on any atom is -0.481 e. The van der Waals surface area contributed by atoms with Crippen LogP contribution in [0, 0.1) is 5.41 Å². The van der Waals surface area contributed by atoms with Crippen molar-refractivity contribution >= 4 is 28.3 Å². The maximum atomic E-state index is 12.3. The molecule has 0 spiro atoms. The van der Waals surface area contributed by atoms with Crippen LogP contribution in [-0.4, -0.2) is 17.0 Å². The van der Waals surface area contributed by atoms with Crippen molar-refractivity contribution in [2.75, 3.05) is 5.32 Å². The first-order chi connectivity index (χ1) is 10.5. The van der Waals surface area contributed by atoms with Crippen LogP contribution in [0.5, 0.6) is 0 Å². The van der Waals surface area contributed by atoms with Gasteiger partial charge in [-0.25, -0.2) is 0 Å². The van der Waals surface area contributed by atoms with E-state index in [2.05, 4.69) is 5.32 Å². The van der Waals surface area contributed by atoms with Crippen LogP contribution >= 0.6 is 0 Å². The molecule has 0 aliphatic carbocycles. The van der Waals surface area contributed by atoms with Crippen molar-refractivity contribution in [1.82, 2.24) is 0 Å². The van der Waals surface area contributed by atoms with Gasteiger partial charge in [0.1, 0.15) is 0 Å². The number of aliphatic carboxylic acids is 1. The Hall–Kier alpha value is -2.36. The molecule has 116 valence electrons. The molecule has 2 N–H and O–H groups in total. The molecule has 0 saturated heterocycles. The Kier molecular flexibility index (Phi) is 4.81. The van der Waals surface area contributed by atoms with Crippen LogP contribution in [-0.2, 0) is 9.59 Å². The second kappa shape index (κ2) is 6.60. The van der Waals surface area contributed by atoms with Gasteiger partial charge in [0.2, 0.25) is 5.91 Å². The van der Waals surface area contributed by atoms with E-state index in [9.17, 15) is 14.7 Å². The lowest BCUT2D eigenvalue weighted by molar-refractivity contribution is -0.151. The van der Waals surface area contributed by atoms with Gasteiger partial charge in [-0.3, -0.25) is 9.59 Å². The van der Waals surface area contributed by atoms with Gasteiger partial charge in [0.05, 0.1) is 5.41 Å². The Balaban J connectivity index is 2.22. The Morgan fingerprint density at radius 3 is 2.32 bits per heavy atom. The summed E-state index contributed by atoms with van der Waals surface area (Å²) in [5, 5.41) is 14.3. The van der Waals surface area contributed by atoms with Crippen molar-refractivity contribution in [3.63, 3.8) is 0 Å². The van der Waals surface area contributed by atoms with Gasteiger partial charge >= 0.3 is 5.97 Å². The largest absolute Gasteiger partial charge is 0.481 e. The Morgan fingerprint density at radius 1 is 1.05 bits per heavy atom. The average Bonchev–Trinajstić information content (AvgIpc) is 2.53. The molecule has 0 aliphatic rings. The van der Waals surface area contributed by atoms with Crippen LogP contribution in [0.3, 0.4) is 0 Å². The Morgan fingerprint density at radius 2 is 1.68 bits per heavy atom. The van der Waals surface area contributed by atoms with E-state index in [1.165, 1.54) is 0 Å². The van der Waals surface area contributed by atoms with Gasteiger partial charge in [0.25, 0.3) is 0 Å². The third-order valence-electron chi connectivity index (χ3n) is 4.37. The van der Waals surface area contributed by atoms with Crippen molar-refractivity contribution < 1.29 is 14.7 Å². The van der Waals surface area contributed by atoms with Crippen molar-refractivity contribution in [2.24, 2.45) is 5.41 Å². The van der Waals surface area contributed by atoms with Gasteiger partial charge in [0, 0.05) is 17.5 Å².